The molecule has 0 saturated carbocycles. The van der Waals surface area contributed by atoms with Crippen LogP contribution in [0.4, 0.5) is 0 Å². The smallest absolute Gasteiger partial charge is 0.245 e. The van der Waals surface area contributed by atoms with Crippen LogP contribution in [0.1, 0.15) is 83.3 Å². The molecular weight excluding hydrogens is 837 g/mol. The molecule has 2 aromatic carbocycles. The number of hydrogen-bond acceptors (Lipinski definition) is 11. The number of unbranched alkanes of at least 4 members (excludes halogenated alkanes) is 1. The van der Waals surface area contributed by atoms with Crippen LogP contribution in [0.25, 0.3) is 0 Å². The van der Waals surface area contributed by atoms with Crippen LogP contribution in [-0.4, -0.2) is 125 Å². The third-order valence-electron chi connectivity index (χ3n) is 11.4. The summed E-state index contributed by atoms with van der Waals surface area (Å²) in [4.78, 5) is 101. The van der Waals surface area contributed by atoms with E-state index in [0.717, 1.165) is 5.56 Å². The molecule has 65 heavy (non-hydrogen) atoms. The van der Waals surface area contributed by atoms with Gasteiger partial charge in [0.05, 0.1) is 12.1 Å². The predicted octanol–water partition coefficient (Wildman–Crippen LogP) is -1.69. The van der Waals surface area contributed by atoms with Crippen molar-refractivity contribution in [2.24, 2.45) is 39.6 Å². The fraction of sp³-hybridized carbons (Fsp3) is 0.556. The first-order valence-corrected chi connectivity index (χ1v) is 22.4. The van der Waals surface area contributed by atoms with Gasteiger partial charge in [-0.1, -0.05) is 87.4 Å². The number of aliphatic imine (C=N–C) groups is 1. The van der Waals surface area contributed by atoms with Gasteiger partial charge in [0, 0.05) is 25.9 Å². The number of guanidine groups is 1. The summed E-state index contributed by atoms with van der Waals surface area (Å²) in [5.41, 5.74) is 29.8. The van der Waals surface area contributed by atoms with Crippen LogP contribution in [0.15, 0.2) is 65.7 Å². The Morgan fingerprint density at radius 1 is 0.723 bits per heavy atom. The quantitative estimate of drug-likeness (QED) is 0.0272. The second-order valence-electron chi connectivity index (χ2n) is 16.6. The van der Waals surface area contributed by atoms with Gasteiger partial charge in [-0.05, 0) is 69.0 Å². The lowest BCUT2D eigenvalue weighted by Crippen LogP contribution is -2.62. The van der Waals surface area contributed by atoms with Crippen LogP contribution in [0, 0.1) is 5.92 Å². The Bertz CT molecular complexity index is 1900. The third-order valence-corrected chi connectivity index (χ3v) is 11.4. The number of nitrogens with one attached hydrogen (secondary N) is 5. The number of amides is 7. The number of likely N-dealkylation sites (tertiary alicyclic amines) is 1. The number of nitrogens with zero attached hydrogens (tertiary/aromatic N) is 2. The molecule has 1 saturated heterocycles. The minimum Gasteiger partial charge on any atom is -0.391 e. The third kappa shape index (κ3) is 17.4. The molecule has 0 radical (unpaired) electrons. The number of hydrogen-bond donors (Lipinski definition) is 11. The summed E-state index contributed by atoms with van der Waals surface area (Å²) in [5, 5.41) is 24.2. The van der Waals surface area contributed by atoms with Gasteiger partial charge >= 0.3 is 0 Å². The molecule has 16 N–H and O–H groups in total. The first kappa shape index (κ1) is 53.2. The molecule has 0 unspecified atom stereocenters. The van der Waals surface area contributed by atoms with Crippen molar-refractivity contribution in [3.63, 3.8) is 0 Å². The van der Waals surface area contributed by atoms with Gasteiger partial charge in [0.25, 0.3) is 0 Å². The highest BCUT2D eigenvalue weighted by molar-refractivity contribution is 5.97. The maximum Gasteiger partial charge on any atom is 0.245 e. The average Bonchev–Trinajstić information content (AvgIpc) is 3.78. The molecule has 3 rings (SSSR count). The fourth-order valence-electron chi connectivity index (χ4n) is 7.46. The number of rotatable bonds is 27. The van der Waals surface area contributed by atoms with E-state index in [1.54, 1.807) is 67.6 Å². The van der Waals surface area contributed by atoms with Crippen LogP contribution < -0.4 is 55.3 Å². The van der Waals surface area contributed by atoms with E-state index < -0.39 is 95.7 Å². The number of nitrogens with two attached hydrogens (primary N) is 5. The first-order chi connectivity index (χ1) is 31.0. The Labute approximate surface area is 381 Å². The normalized spacial score (nSPS) is 17.1. The largest absolute Gasteiger partial charge is 0.391 e. The molecule has 1 aliphatic rings. The standard InChI is InChI=1S/C45H70N12O8/c1-4-27(2)36(42(63)52-32(20-13-23-51-45(49)50)39(60)53-33(38(48)59)25-29-15-7-5-8-16-29)55-40(61)34(26-30-17-9-6-10-18-30)54-43(64)37(28(3)58)56-41(62)35-21-14-24-57(35)44(65)31(47)19-11-12-22-46/h5-10,15-18,27-28,31-37,58H,4,11-14,19-26,46-47H2,1-3H3,(H2,48,59)(H,52,63)(H,53,60)(H,54,64)(H,55,61)(H,56,62)(H4,49,50,51)/t27-,28+,31-,32-,33-,34-,35-,36-,37-/m0/s1. The molecule has 358 valence electrons. The topological polar surface area (TPSA) is 346 Å². The highest BCUT2D eigenvalue weighted by Gasteiger charge is 2.39. The minimum absolute atomic E-state index is 0.0415. The van der Waals surface area contributed by atoms with Crippen molar-refractivity contribution in [2.45, 2.75) is 133 Å². The number of carbonyl (C=O) groups excluding carboxylic acids is 7. The van der Waals surface area contributed by atoms with Crippen LogP contribution in [-0.2, 0) is 46.4 Å². The van der Waals surface area contributed by atoms with E-state index in [1.807, 2.05) is 6.92 Å². The summed E-state index contributed by atoms with van der Waals surface area (Å²) >= 11 is 0. The monoisotopic (exact) mass is 907 g/mol. The first-order valence-electron chi connectivity index (χ1n) is 22.4. The second kappa shape index (κ2) is 27.3. The number of carbonyl (C=O) groups is 7. The van der Waals surface area contributed by atoms with E-state index in [0.29, 0.717) is 57.2 Å². The summed E-state index contributed by atoms with van der Waals surface area (Å²) < 4.78 is 0. The average molecular weight is 907 g/mol. The van der Waals surface area contributed by atoms with Gasteiger partial charge in [0.15, 0.2) is 5.96 Å². The summed E-state index contributed by atoms with van der Waals surface area (Å²) in [5.74, 6) is -5.57. The molecule has 0 spiro atoms. The van der Waals surface area contributed by atoms with Gasteiger partial charge in [-0.3, -0.25) is 38.6 Å². The zero-order chi connectivity index (χ0) is 48.1. The van der Waals surface area contributed by atoms with Gasteiger partial charge in [0.1, 0.15) is 36.3 Å². The maximum atomic E-state index is 14.3. The van der Waals surface area contributed by atoms with Crippen molar-refractivity contribution in [1.29, 1.82) is 0 Å². The Kier molecular flexibility index (Phi) is 22.3. The maximum absolute atomic E-state index is 14.3. The van der Waals surface area contributed by atoms with E-state index in [2.05, 4.69) is 31.6 Å². The number of benzene rings is 2. The Hall–Kier alpha value is -6.12. The van der Waals surface area contributed by atoms with Crippen molar-refractivity contribution < 1.29 is 38.7 Å². The lowest BCUT2D eigenvalue weighted by Gasteiger charge is -2.31. The highest BCUT2D eigenvalue weighted by atomic mass is 16.3. The van der Waals surface area contributed by atoms with Crippen LogP contribution in [0.5, 0.6) is 0 Å². The minimum atomic E-state index is -1.54. The fourth-order valence-corrected chi connectivity index (χ4v) is 7.46. The van der Waals surface area contributed by atoms with E-state index in [-0.39, 0.29) is 38.2 Å². The zero-order valence-corrected chi connectivity index (χ0v) is 37.7. The lowest BCUT2D eigenvalue weighted by molar-refractivity contribution is -0.141. The van der Waals surface area contributed by atoms with Gasteiger partial charge in [-0.25, -0.2) is 0 Å². The molecular formula is C45H70N12O8. The Morgan fingerprint density at radius 2 is 1.28 bits per heavy atom. The summed E-state index contributed by atoms with van der Waals surface area (Å²) in [6.45, 7) is 5.74. The number of aliphatic hydroxyl groups excluding tert-OH is 1. The molecule has 20 nitrogen and oxygen atoms in total. The van der Waals surface area contributed by atoms with E-state index in [9.17, 15) is 38.7 Å². The van der Waals surface area contributed by atoms with Crippen LogP contribution in [0.3, 0.4) is 0 Å². The van der Waals surface area contributed by atoms with Crippen molar-refractivity contribution >= 4 is 47.3 Å². The molecule has 0 bridgehead atoms. The van der Waals surface area contributed by atoms with Gasteiger partial charge in [-0.15, -0.1) is 0 Å². The molecule has 1 heterocycles. The lowest BCUT2D eigenvalue weighted by atomic mass is 9.96. The predicted molar refractivity (Wildman–Crippen MR) is 246 cm³/mol. The van der Waals surface area contributed by atoms with Crippen molar-refractivity contribution in [3.05, 3.63) is 71.8 Å². The van der Waals surface area contributed by atoms with Crippen molar-refractivity contribution in [1.82, 2.24) is 31.5 Å². The molecule has 0 aliphatic carbocycles. The zero-order valence-electron chi connectivity index (χ0n) is 37.7. The highest BCUT2D eigenvalue weighted by Crippen LogP contribution is 2.20. The Balaban J connectivity index is 1.85. The van der Waals surface area contributed by atoms with E-state index in [1.165, 1.54) is 11.8 Å². The second-order valence-corrected chi connectivity index (χ2v) is 16.6. The number of primary amides is 1. The molecule has 9 atom stereocenters. The van der Waals surface area contributed by atoms with Gasteiger partial charge in [-0.2, -0.15) is 0 Å². The molecule has 1 aliphatic heterocycles. The molecule has 20 heteroatoms. The van der Waals surface area contributed by atoms with Crippen molar-refractivity contribution in [3.8, 4) is 0 Å². The summed E-state index contributed by atoms with van der Waals surface area (Å²) in [6.07, 6.45) is 1.90. The molecule has 1 fully saturated rings. The van der Waals surface area contributed by atoms with Crippen LogP contribution in [0.2, 0.25) is 0 Å². The summed E-state index contributed by atoms with van der Waals surface area (Å²) in [7, 11) is 0. The summed E-state index contributed by atoms with van der Waals surface area (Å²) in [6, 6.07) is 9.51. The molecule has 0 aromatic heterocycles. The van der Waals surface area contributed by atoms with Crippen LogP contribution >= 0.6 is 0 Å². The van der Waals surface area contributed by atoms with Crippen molar-refractivity contribution in [2.75, 3.05) is 19.6 Å². The molecule has 7 amide bonds. The SMILES string of the molecule is CC[C@H](C)[C@H](NC(=O)[C@H](Cc1ccccc1)NC(=O)[C@@H](NC(=O)[C@@H]1CCCN1C(=O)[C@@H](N)CCCCN)[C@@H](C)O)C(=O)N[C@@H](CCCN=C(N)N)C(=O)N[C@@H](Cc1ccccc1)C(N)=O. The van der Waals surface area contributed by atoms with Gasteiger partial charge in [0.2, 0.25) is 41.4 Å². The Morgan fingerprint density at radius 3 is 1.83 bits per heavy atom. The van der Waals surface area contributed by atoms with E-state index in [4.69, 9.17) is 28.7 Å². The molecule has 2 aromatic rings. The van der Waals surface area contributed by atoms with E-state index >= 15 is 0 Å². The number of aliphatic hydroxyl groups is 1. The van der Waals surface area contributed by atoms with Gasteiger partial charge < -0.3 is 65.3 Å².